The molecule has 2 aromatic rings. The summed E-state index contributed by atoms with van der Waals surface area (Å²) < 4.78 is 0. The lowest BCUT2D eigenvalue weighted by Crippen LogP contribution is -2.40. The molecule has 0 spiro atoms. The van der Waals surface area contributed by atoms with Gasteiger partial charge in [0.2, 0.25) is 0 Å². The monoisotopic (exact) mass is 513 g/mol. The molecule has 1 amide bonds. The van der Waals surface area contributed by atoms with Crippen LogP contribution < -0.4 is 0 Å². The molecule has 198 valence electrons. The Bertz CT molecular complexity index is 1090. The number of hydrogen-bond donors (Lipinski definition) is 2. The first kappa shape index (κ1) is 28.4. The Kier molecular flexibility index (Phi) is 8.72. The lowest BCUT2D eigenvalue weighted by atomic mass is 9.73. The van der Waals surface area contributed by atoms with Crippen LogP contribution >= 0.6 is 11.3 Å². The number of likely N-dealkylation sites (tertiary alicyclic amines) is 1. The van der Waals surface area contributed by atoms with E-state index in [1.807, 2.05) is 6.92 Å². The highest BCUT2D eigenvalue weighted by Crippen LogP contribution is 2.44. The number of carboxylic acids is 1. The van der Waals surface area contributed by atoms with Crippen molar-refractivity contribution in [3.05, 3.63) is 56.3 Å². The molecule has 1 aliphatic rings. The minimum absolute atomic E-state index is 0.126. The van der Waals surface area contributed by atoms with E-state index in [1.54, 1.807) is 0 Å². The number of aliphatic hydroxyl groups is 1. The summed E-state index contributed by atoms with van der Waals surface area (Å²) in [6, 6.07) is 8.12. The van der Waals surface area contributed by atoms with Crippen molar-refractivity contribution >= 4 is 23.2 Å². The summed E-state index contributed by atoms with van der Waals surface area (Å²) >= 11 is 1.53. The zero-order valence-electron chi connectivity index (χ0n) is 23.0. The van der Waals surface area contributed by atoms with E-state index in [9.17, 15) is 19.8 Å². The SMILES string of the molecule is CCC(CC)(c1ccc(CCC(O)C(C)(C)C)c(C)c1)c1cc(C)c(C(=O)N2CCC[C@@H]2C(=O)O)s1. The maximum Gasteiger partial charge on any atom is 0.326 e. The number of rotatable bonds is 9. The lowest BCUT2D eigenvalue weighted by molar-refractivity contribution is -0.141. The van der Waals surface area contributed by atoms with Crippen LogP contribution in [-0.4, -0.2) is 45.7 Å². The second-order valence-electron chi connectivity index (χ2n) is 11.5. The zero-order chi connectivity index (χ0) is 26.8. The van der Waals surface area contributed by atoms with Crippen LogP contribution in [0.4, 0.5) is 0 Å². The van der Waals surface area contributed by atoms with Gasteiger partial charge in [0.05, 0.1) is 11.0 Å². The fourth-order valence-corrected chi connectivity index (χ4v) is 6.96. The molecule has 5 nitrogen and oxygen atoms in total. The molecule has 1 aliphatic heterocycles. The number of benzene rings is 1. The van der Waals surface area contributed by atoms with E-state index >= 15 is 0 Å². The Balaban J connectivity index is 1.92. The van der Waals surface area contributed by atoms with Crippen LogP contribution in [0.3, 0.4) is 0 Å². The quantitative estimate of drug-likeness (QED) is 0.401. The first-order valence-electron chi connectivity index (χ1n) is 13.3. The zero-order valence-corrected chi connectivity index (χ0v) is 23.8. The molecule has 2 atom stereocenters. The average molecular weight is 514 g/mol. The number of amides is 1. The Labute approximate surface area is 220 Å². The molecular weight excluding hydrogens is 470 g/mol. The molecule has 1 aromatic carbocycles. The molecule has 1 fully saturated rings. The Morgan fingerprint density at radius 3 is 2.33 bits per heavy atom. The molecule has 1 saturated heterocycles. The van der Waals surface area contributed by atoms with Crippen molar-refractivity contribution in [1.29, 1.82) is 0 Å². The number of aliphatic hydroxyl groups excluding tert-OH is 1. The van der Waals surface area contributed by atoms with Crippen molar-refractivity contribution in [2.75, 3.05) is 6.54 Å². The third-order valence-electron chi connectivity index (χ3n) is 8.17. The van der Waals surface area contributed by atoms with E-state index < -0.39 is 12.0 Å². The van der Waals surface area contributed by atoms with Crippen molar-refractivity contribution in [3.8, 4) is 0 Å². The number of nitrogens with zero attached hydrogens (tertiary/aromatic N) is 1. The summed E-state index contributed by atoms with van der Waals surface area (Å²) in [6.45, 7) is 15.2. The van der Waals surface area contributed by atoms with E-state index in [0.717, 1.165) is 42.5 Å². The van der Waals surface area contributed by atoms with Gasteiger partial charge in [-0.05, 0) is 86.1 Å². The number of carbonyl (C=O) groups excluding carboxylic acids is 1. The fourth-order valence-electron chi connectivity index (χ4n) is 5.48. The van der Waals surface area contributed by atoms with Gasteiger partial charge in [0.25, 0.3) is 5.91 Å². The lowest BCUT2D eigenvalue weighted by Gasteiger charge is -2.32. The Morgan fingerprint density at radius 1 is 1.11 bits per heavy atom. The van der Waals surface area contributed by atoms with Gasteiger partial charge in [-0.1, -0.05) is 52.8 Å². The largest absolute Gasteiger partial charge is 0.480 e. The molecule has 36 heavy (non-hydrogen) atoms. The number of carbonyl (C=O) groups is 2. The molecule has 0 aliphatic carbocycles. The molecule has 1 aromatic heterocycles. The topological polar surface area (TPSA) is 77.8 Å². The van der Waals surface area contributed by atoms with Crippen molar-refractivity contribution in [2.24, 2.45) is 5.41 Å². The van der Waals surface area contributed by atoms with Gasteiger partial charge in [-0.3, -0.25) is 4.79 Å². The smallest absolute Gasteiger partial charge is 0.326 e. The van der Waals surface area contributed by atoms with E-state index in [-0.39, 0.29) is 22.8 Å². The molecule has 6 heteroatoms. The van der Waals surface area contributed by atoms with Gasteiger partial charge in [-0.2, -0.15) is 0 Å². The average Bonchev–Trinajstić information content (AvgIpc) is 3.46. The van der Waals surface area contributed by atoms with E-state index in [4.69, 9.17) is 0 Å². The molecule has 3 rings (SSSR count). The minimum atomic E-state index is -0.919. The number of thiophene rings is 1. The van der Waals surface area contributed by atoms with E-state index in [2.05, 4.69) is 65.8 Å². The molecule has 2 heterocycles. The van der Waals surface area contributed by atoms with Crippen LogP contribution in [-0.2, 0) is 16.6 Å². The van der Waals surface area contributed by atoms with E-state index in [0.29, 0.717) is 17.8 Å². The highest BCUT2D eigenvalue weighted by Gasteiger charge is 2.38. The maximum atomic E-state index is 13.4. The molecule has 1 unspecified atom stereocenters. The van der Waals surface area contributed by atoms with Gasteiger partial charge < -0.3 is 15.1 Å². The molecule has 0 bridgehead atoms. The minimum Gasteiger partial charge on any atom is -0.480 e. The third-order valence-corrected chi connectivity index (χ3v) is 9.60. The van der Waals surface area contributed by atoms with Crippen LogP contribution in [0.25, 0.3) is 0 Å². The standard InChI is InChI=1S/C30H43NO4S/c1-8-30(9-2,22-14-12-21(19(3)17-22)13-15-24(32)29(5,6)7)25-18-20(4)26(36-25)27(33)31-16-10-11-23(31)28(34)35/h12,14,17-18,23-24,32H,8-11,13,15-16H2,1-7H3,(H,34,35)/t23-,24?/m1/s1. The summed E-state index contributed by atoms with van der Waals surface area (Å²) in [6.07, 6.45) is 4.28. The highest BCUT2D eigenvalue weighted by atomic mass is 32.1. The van der Waals surface area contributed by atoms with Crippen LogP contribution in [0.5, 0.6) is 0 Å². The van der Waals surface area contributed by atoms with Gasteiger partial charge in [-0.25, -0.2) is 4.79 Å². The Hall–Kier alpha value is -2.18. The molecule has 2 N–H and O–H groups in total. The van der Waals surface area contributed by atoms with Crippen LogP contribution in [0.1, 0.15) is 104 Å². The van der Waals surface area contributed by atoms with Crippen LogP contribution in [0, 0.1) is 19.3 Å². The molecule has 0 radical (unpaired) electrons. The number of hydrogen-bond acceptors (Lipinski definition) is 4. The van der Waals surface area contributed by atoms with Crippen molar-refractivity contribution in [2.45, 2.75) is 105 Å². The van der Waals surface area contributed by atoms with E-state index in [1.165, 1.54) is 32.9 Å². The first-order chi connectivity index (χ1) is 16.9. The summed E-state index contributed by atoms with van der Waals surface area (Å²) in [5.41, 5.74) is 4.32. The van der Waals surface area contributed by atoms with Gasteiger partial charge in [-0.15, -0.1) is 11.3 Å². The Morgan fingerprint density at radius 2 is 1.78 bits per heavy atom. The molecule has 0 saturated carbocycles. The van der Waals surface area contributed by atoms with Gasteiger partial charge >= 0.3 is 5.97 Å². The fraction of sp³-hybridized carbons (Fsp3) is 0.600. The summed E-state index contributed by atoms with van der Waals surface area (Å²) in [7, 11) is 0. The summed E-state index contributed by atoms with van der Waals surface area (Å²) in [5.74, 6) is -1.07. The first-order valence-corrected chi connectivity index (χ1v) is 14.1. The highest BCUT2D eigenvalue weighted by molar-refractivity contribution is 7.14. The van der Waals surface area contributed by atoms with Crippen LogP contribution in [0.15, 0.2) is 24.3 Å². The summed E-state index contributed by atoms with van der Waals surface area (Å²) in [4.78, 5) is 28.4. The van der Waals surface area contributed by atoms with Crippen molar-refractivity contribution < 1.29 is 19.8 Å². The number of carboxylic acid groups (broad SMARTS) is 1. The van der Waals surface area contributed by atoms with Gasteiger partial charge in [0, 0.05) is 16.8 Å². The maximum absolute atomic E-state index is 13.4. The molecular formula is C30H43NO4S. The van der Waals surface area contributed by atoms with Crippen molar-refractivity contribution in [3.63, 3.8) is 0 Å². The second-order valence-corrected chi connectivity index (χ2v) is 12.5. The van der Waals surface area contributed by atoms with Gasteiger partial charge in [0.1, 0.15) is 6.04 Å². The van der Waals surface area contributed by atoms with Gasteiger partial charge in [0.15, 0.2) is 0 Å². The number of aryl methyl sites for hydroxylation is 3. The van der Waals surface area contributed by atoms with Crippen molar-refractivity contribution in [1.82, 2.24) is 4.90 Å². The summed E-state index contributed by atoms with van der Waals surface area (Å²) in [5, 5.41) is 20.0. The normalized spacial score (nSPS) is 17.4. The number of aliphatic carboxylic acids is 1. The van der Waals surface area contributed by atoms with Crippen LogP contribution in [0.2, 0.25) is 0 Å². The predicted molar refractivity (Wildman–Crippen MR) is 147 cm³/mol. The third kappa shape index (κ3) is 5.55. The second kappa shape index (κ2) is 11.1. The predicted octanol–water partition coefficient (Wildman–Crippen LogP) is 6.50.